The second-order valence-corrected chi connectivity index (χ2v) is 16.8. The van der Waals surface area contributed by atoms with Gasteiger partial charge in [0.1, 0.15) is 12.1 Å². The maximum absolute atomic E-state index is 13.3. The third-order valence-corrected chi connectivity index (χ3v) is 13.7. The molecule has 5 rings (SSSR count). The van der Waals surface area contributed by atoms with E-state index in [1.54, 1.807) is 13.8 Å². The molecule has 4 aliphatic carbocycles. The van der Waals surface area contributed by atoms with E-state index >= 15 is 0 Å². The normalized spacial score (nSPS) is 37.2. The number of hydrogen-bond acceptors (Lipinski definition) is 8. The number of carbonyl (C=O) groups is 3. The van der Waals surface area contributed by atoms with Crippen molar-refractivity contribution in [3.8, 4) is 11.5 Å². The van der Waals surface area contributed by atoms with Crippen molar-refractivity contribution in [2.75, 3.05) is 0 Å². The number of benzene rings is 1. The Hall–Kier alpha value is -2.89. The molecule has 11 nitrogen and oxygen atoms in total. The molecule has 274 valence electrons. The molecule has 0 heterocycles. The summed E-state index contributed by atoms with van der Waals surface area (Å²) in [5, 5.41) is 68.3. The van der Waals surface area contributed by atoms with Crippen LogP contribution in [0.4, 0.5) is 0 Å². The van der Waals surface area contributed by atoms with Crippen LogP contribution >= 0.6 is 0 Å². The van der Waals surface area contributed by atoms with E-state index in [2.05, 4.69) is 31.4 Å². The van der Waals surface area contributed by atoms with E-state index in [1.807, 2.05) is 0 Å². The molecule has 0 bridgehead atoms. The minimum Gasteiger partial charge on any atom is -0.504 e. The van der Waals surface area contributed by atoms with E-state index in [1.165, 1.54) is 18.2 Å². The molecule has 11 heteroatoms. The van der Waals surface area contributed by atoms with Crippen molar-refractivity contribution in [3.05, 3.63) is 23.8 Å². The lowest BCUT2D eigenvalue weighted by atomic mass is 9.43. The third-order valence-electron chi connectivity index (χ3n) is 13.7. The molecule has 6 unspecified atom stereocenters. The lowest BCUT2D eigenvalue weighted by Gasteiger charge is -2.63. The number of carboxylic acids is 1. The average Bonchev–Trinajstić information content (AvgIpc) is 3.39. The number of amides is 2. The molecule has 0 saturated heterocycles. The van der Waals surface area contributed by atoms with Gasteiger partial charge in [-0.15, -0.1) is 0 Å². The fourth-order valence-electron chi connectivity index (χ4n) is 10.9. The highest BCUT2D eigenvalue weighted by molar-refractivity contribution is 5.90. The molecule has 8 N–H and O–H groups in total. The van der Waals surface area contributed by atoms with E-state index in [0.717, 1.165) is 32.1 Å². The van der Waals surface area contributed by atoms with E-state index in [0.29, 0.717) is 24.8 Å². The quantitative estimate of drug-likeness (QED) is 0.160. The summed E-state index contributed by atoms with van der Waals surface area (Å²) in [5.74, 6) is -2.16. The Morgan fingerprint density at radius 2 is 1.63 bits per heavy atom. The molecule has 4 fully saturated rings. The number of phenols is 2. The summed E-state index contributed by atoms with van der Waals surface area (Å²) in [7, 11) is 0. The molecule has 0 aliphatic heterocycles. The number of aliphatic hydroxyl groups is 3. The van der Waals surface area contributed by atoms with Gasteiger partial charge in [0.05, 0.1) is 18.3 Å². The smallest absolute Gasteiger partial charge is 0.326 e. The fourth-order valence-corrected chi connectivity index (χ4v) is 10.9. The van der Waals surface area contributed by atoms with Crippen LogP contribution in [0.25, 0.3) is 0 Å². The SMILES string of the molecule is CC(C)C(NC(=O)CC[C@@H](C)C1CCC2C3C(C[C@H](O)[C@@]21C)[C@@]1(C)CC[C@@H](O)CC1C[C@H]3O)C(=O)N[C@@H](Cc1ccc(O)c(O)c1)C(=O)O. The summed E-state index contributed by atoms with van der Waals surface area (Å²) in [6.45, 7) is 10.2. The van der Waals surface area contributed by atoms with Crippen LogP contribution < -0.4 is 10.6 Å². The Kier molecular flexibility index (Phi) is 11.0. The minimum atomic E-state index is -1.31. The molecule has 0 aromatic heterocycles. The lowest BCUT2D eigenvalue weighted by molar-refractivity contribution is -0.207. The van der Waals surface area contributed by atoms with Gasteiger partial charge >= 0.3 is 5.97 Å². The topological polar surface area (TPSA) is 197 Å². The molecule has 2 amide bonds. The van der Waals surface area contributed by atoms with Crippen molar-refractivity contribution < 1.29 is 45.0 Å². The van der Waals surface area contributed by atoms with Crippen LogP contribution in [-0.2, 0) is 20.8 Å². The van der Waals surface area contributed by atoms with Gasteiger partial charge in [-0.25, -0.2) is 4.79 Å². The number of fused-ring (bicyclic) bond motifs is 5. The Balaban J connectivity index is 1.20. The van der Waals surface area contributed by atoms with Crippen LogP contribution in [0, 0.1) is 52.3 Å². The highest BCUT2D eigenvalue weighted by atomic mass is 16.4. The van der Waals surface area contributed by atoms with E-state index in [-0.39, 0.29) is 88.6 Å². The van der Waals surface area contributed by atoms with Gasteiger partial charge in [0.15, 0.2) is 11.5 Å². The molecule has 0 radical (unpaired) electrons. The monoisotopic (exact) mass is 686 g/mol. The molecule has 1 aromatic carbocycles. The molecular weight excluding hydrogens is 628 g/mol. The van der Waals surface area contributed by atoms with Crippen molar-refractivity contribution in [1.29, 1.82) is 0 Å². The second kappa shape index (κ2) is 14.4. The van der Waals surface area contributed by atoms with Gasteiger partial charge < -0.3 is 41.3 Å². The van der Waals surface area contributed by atoms with Gasteiger partial charge in [-0.05, 0) is 121 Å². The molecule has 0 spiro atoms. The van der Waals surface area contributed by atoms with Crippen molar-refractivity contribution in [3.63, 3.8) is 0 Å². The standard InChI is InChI=1S/C38H58N2O9/c1-19(2)34(35(47)39-27(36(48)49)14-21-7-10-28(42)29(43)15-21)40-32(46)11-6-20(3)24-8-9-25-33-26(18-31(45)38(24,25)5)37(4)13-12-23(41)16-22(37)17-30(33)44/h7,10,15,19-20,22-27,30-31,33-34,41-45H,6,8-9,11-14,16-18H2,1-5H3,(H,39,47)(H,40,46)(H,48,49)/t20-,22?,23-,24?,25?,26?,27+,30-,31+,33?,34?,37+,38-/m1/s1. The van der Waals surface area contributed by atoms with Crippen LogP contribution in [0.3, 0.4) is 0 Å². The molecule has 13 atom stereocenters. The summed E-state index contributed by atoms with van der Waals surface area (Å²) >= 11 is 0. The van der Waals surface area contributed by atoms with Crippen molar-refractivity contribution in [2.24, 2.45) is 52.3 Å². The number of carbonyl (C=O) groups excluding carboxylic acids is 2. The van der Waals surface area contributed by atoms with E-state index in [9.17, 15) is 45.0 Å². The molecule has 49 heavy (non-hydrogen) atoms. The first kappa shape index (κ1) is 37.4. The number of hydrogen-bond donors (Lipinski definition) is 8. The average molecular weight is 687 g/mol. The highest BCUT2D eigenvalue weighted by Crippen LogP contribution is 2.68. The first-order valence-electron chi connectivity index (χ1n) is 18.3. The van der Waals surface area contributed by atoms with Gasteiger partial charge in [-0.1, -0.05) is 40.7 Å². The first-order chi connectivity index (χ1) is 23.0. The Labute approximate surface area is 289 Å². The van der Waals surface area contributed by atoms with E-state index in [4.69, 9.17) is 0 Å². The molecule has 4 aliphatic rings. The fraction of sp³-hybridized carbons (Fsp3) is 0.763. The number of carboxylic acid groups (broad SMARTS) is 1. The molecular formula is C38H58N2O9. The number of nitrogens with one attached hydrogen (secondary N) is 2. The summed E-state index contributed by atoms with van der Waals surface area (Å²) in [6.07, 6.45) is 4.97. The number of aromatic hydroxyl groups is 2. The summed E-state index contributed by atoms with van der Waals surface area (Å²) in [4.78, 5) is 38.5. The number of rotatable bonds is 11. The Morgan fingerprint density at radius 1 is 0.918 bits per heavy atom. The van der Waals surface area contributed by atoms with Gasteiger partial charge in [-0.3, -0.25) is 9.59 Å². The Bertz CT molecular complexity index is 1390. The van der Waals surface area contributed by atoms with Crippen molar-refractivity contribution >= 4 is 17.8 Å². The highest BCUT2D eigenvalue weighted by Gasteiger charge is 2.65. The van der Waals surface area contributed by atoms with Crippen molar-refractivity contribution in [1.82, 2.24) is 10.6 Å². The van der Waals surface area contributed by atoms with Gasteiger partial charge in [0, 0.05) is 12.8 Å². The molecule has 4 saturated carbocycles. The predicted octanol–water partition coefficient (Wildman–Crippen LogP) is 3.73. The maximum Gasteiger partial charge on any atom is 0.326 e. The van der Waals surface area contributed by atoms with E-state index < -0.39 is 36.2 Å². The van der Waals surface area contributed by atoms with Gasteiger partial charge in [0.2, 0.25) is 11.8 Å². The van der Waals surface area contributed by atoms with Crippen LogP contribution in [0.1, 0.15) is 98.0 Å². The number of aliphatic hydroxyl groups excluding tert-OH is 3. The van der Waals surface area contributed by atoms with Crippen LogP contribution in [0.5, 0.6) is 11.5 Å². The van der Waals surface area contributed by atoms with Crippen LogP contribution in [-0.4, -0.2) is 78.8 Å². The second-order valence-electron chi connectivity index (χ2n) is 16.8. The molecule has 1 aromatic rings. The summed E-state index contributed by atoms with van der Waals surface area (Å²) in [5.41, 5.74) is 0.0373. The number of aliphatic carboxylic acids is 1. The summed E-state index contributed by atoms with van der Waals surface area (Å²) in [6, 6.07) is 1.69. The summed E-state index contributed by atoms with van der Waals surface area (Å²) < 4.78 is 0. The van der Waals surface area contributed by atoms with Gasteiger partial charge in [0.25, 0.3) is 0 Å². The predicted molar refractivity (Wildman–Crippen MR) is 182 cm³/mol. The van der Waals surface area contributed by atoms with Crippen LogP contribution in [0.2, 0.25) is 0 Å². The maximum atomic E-state index is 13.3. The first-order valence-corrected chi connectivity index (χ1v) is 18.3. The minimum absolute atomic E-state index is 0.00540. The zero-order valence-electron chi connectivity index (χ0n) is 29.6. The van der Waals surface area contributed by atoms with Crippen LogP contribution in [0.15, 0.2) is 18.2 Å². The third kappa shape index (κ3) is 7.17. The zero-order chi connectivity index (χ0) is 36.0. The number of phenolic OH excluding ortho intramolecular Hbond substituents is 2. The van der Waals surface area contributed by atoms with Gasteiger partial charge in [-0.2, -0.15) is 0 Å². The largest absolute Gasteiger partial charge is 0.504 e. The lowest BCUT2D eigenvalue weighted by Crippen LogP contribution is -2.62. The van der Waals surface area contributed by atoms with Crippen molar-refractivity contribution in [2.45, 2.75) is 129 Å². The zero-order valence-corrected chi connectivity index (χ0v) is 29.6. The Morgan fingerprint density at radius 3 is 2.29 bits per heavy atom.